The number of anilines is 1. The van der Waals surface area contributed by atoms with Crippen LogP contribution in [0.5, 0.6) is 0 Å². The zero-order chi connectivity index (χ0) is 11.3. The van der Waals surface area contributed by atoms with Crippen molar-refractivity contribution in [1.29, 1.82) is 0 Å². The highest BCUT2D eigenvalue weighted by Crippen LogP contribution is 2.22. The van der Waals surface area contributed by atoms with E-state index in [0.29, 0.717) is 12.1 Å². The Morgan fingerprint density at radius 1 is 1.40 bits per heavy atom. The van der Waals surface area contributed by atoms with E-state index >= 15 is 0 Å². The lowest BCUT2D eigenvalue weighted by atomic mass is 9.94. The van der Waals surface area contributed by atoms with Gasteiger partial charge in [0, 0.05) is 17.6 Å². The number of nitrogen functional groups attached to an aromatic ring is 1. The highest BCUT2D eigenvalue weighted by molar-refractivity contribution is 5.74. The molecule has 1 atom stereocenters. The van der Waals surface area contributed by atoms with Gasteiger partial charge in [0.15, 0.2) is 0 Å². The number of nitrogens with two attached hydrogens (primary N) is 1. The van der Waals surface area contributed by atoms with E-state index in [-0.39, 0.29) is 0 Å². The quantitative estimate of drug-likeness (QED) is 0.738. The first-order chi connectivity index (χ1) is 7.15. The summed E-state index contributed by atoms with van der Waals surface area (Å²) in [5, 5.41) is 10.9. The highest BCUT2D eigenvalue weighted by atomic mass is 16.4. The monoisotopic (exact) mass is 206 g/mol. The molecule has 1 aromatic rings. The molecule has 0 spiro atoms. The van der Waals surface area contributed by atoms with E-state index in [9.17, 15) is 9.90 Å². The SMILES string of the molecule is CCCCC(C(=O)[O-])c1ccc(N)cc1. The van der Waals surface area contributed by atoms with Crippen molar-refractivity contribution in [2.24, 2.45) is 0 Å². The molecule has 0 saturated heterocycles. The third-order valence-electron chi connectivity index (χ3n) is 2.47. The molecule has 3 nitrogen and oxygen atoms in total. The van der Waals surface area contributed by atoms with Crippen LogP contribution in [0.3, 0.4) is 0 Å². The molecule has 15 heavy (non-hydrogen) atoms. The van der Waals surface area contributed by atoms with Gasteiger partial charge in [-0.3, -0.25) is 0 Å². The Kier molecular flexibility index (Phi) is 4.16. The van der Waals surface area contributed by atoms with E-state index in [1.807, 2.05) is 6.92 Å². The van der Waals surface area contributed by atoms with Crippen molar-refractivity contribution in [3.05, 3.63) is 29.8 Å². The van der Waals surface area contributed by atoms with Crippen molar-refractivity contribution in [1.82, 2.24) is 0 Å². The van der Waals surface area contributed by atoms with Crippen LogP contribution in [0, 0.1) is 0 Å². The minimum atomic E-state index is -1.01. The van der Waals surface area contributed by atoms with Crippen molar-refractivity contribution >= 4 is 11.7 Å². The van der Waals surface area contributed by atoms with Gasteiger partial charge < -0.3 is 15.6 Å². The van der Waals surface area contributed by atoms with Gasteiger partial charge in [-0.1, -0.05) is 31.9 Å². The first kappa shape index (κ1) is 11.6. The Balaban J connectivity index is 2.79. The van der Waals surface area contributed by atoms with E-state index < -0.39 is 11.9 Å². The van der Waals surface area contributed by atoms with Gasteiger partial charge in [-0.2, -0.15) is 0 Å². The van der Waals surface area contributed by atoms with E-state index in [1.165, 1.54) is 0 Å². The molecule has 3 heteroatoms. The van der Waals surface area contributed by atoms with Crippen molar-refractivity contribution in [3.63, 3.8) is 0 Å². The zero-order valence-electron chi connectivity index (χ0n) is 8.90. The minimum Gasteiger partial charge on any atom is -0.549 e. The maximum atomic E-state index is 10.9. The summed E-state index contributed by atoms with van der Waals surface area (Å²) in [6, 6.07) is 6.95. The molecule has 2 N–H and O–H groups in total. The predicted octanol–water partition coefficient (Wildman–Crippen LogP) is 1.29. The summed E-state index contributed by atoms with van der Waals surface area (Å²) in [5.74, 6) is -1.52. The molecule has 0 aliphatic heterocycles. The molecule has 1 unspecified atom stereocenters. The Labute approximate surface area is 89.9 Å². The molecule has 0 aliphatic carbocycles. The van der Waals surface area contributed by atoms with Crippen LogP contribution in [0.1, 0.15) is 37.7 Å². The van der Waals surface area contributed by atoms with Gasteiger partial charge in [0.25, 0.3) is 0 Å². The van der Waals surface area contributed by atoms with Crippen molar-refractivity contribution in [3.8, 4) is 0 Å². The number of carboxylic acids is 1. The number of hydrogen-bond donors (Lipinski definition) is 1. The molecule has 0 aliphatic rings. The van der Waals surface area contributed by atoms with Crippen LogP contribution in [0.2, 0.25) is 0 Å². The van der Waals surface area contributed by atoms with Gasteiger partial charge in [-0.25, -0.2) is 0 Å². The van der Waals surface area contributed by atoms with Gasteiger partial charge in [0.2, 0.25) is 0 Å². The lowest BCUT2D eigenvalue weighted by molar-refractivity contribution is -0.308. The summed E-state index contributed by atoms with van der Waals surface area (Å²) in [7, 11) is 0. The van der Waals surface area contributed by atoms with Gasteiger partial charge >= 0.3 is 0 Å². The van der Waals surface area contributed by atoms with Crippen LogP contribution in [-0.4, -0.2) is 5.97 Å². The molecular weight excluding hydrogens is 190 g/mol. The Morgan fingerprint density at radius 2 is 2.00 bits per heavy atom. The number of unbranched alkanes of at least 4 members (excludes halogenated alkanes) is 1. The fraction of sp³-hybridized carbons (Fsp3) is 0.417. The first-order valence-electron chi connectivity index (χ1n) is 5.21. The molecule has 0 fully saturated rings. The number of carbonyl (C=O) groups is 1. The Morgan fingerprint density at radius 3 is 2.47 bits per heavy atom. The van der Waals surface area contributed by atoms with Crippen molar-refractivity contribution < 1.29 is 9.90 Å². The van der Waals surface area contributed by atoms with Crippen LogP contribution in [-0.2, 0) is 4.79 Å². The second-order valence-electron chi connectivity index (χ2n) is 3.68. The molecule has 0 amide bonds. The molecule has 1 rings (SSSR count). The van der Waals surface area contributed by atoms with Crippen molar-refractivity contribution in [2.45, 2.75) is 32.1 Å². The van der Waals surface area contributed by atoms with E-state index in [0.717, 1.165) is 18.4 Å². The van der Waals surface area contributed by atoms with Gasteiger partial charge in [-0.05, 0) is 24.1 Å². The number of rotatable bonds is 5. The van der Waals surface area contributed by atoms with Crippen LogP contribution in [0.4, 0.5) is 5.69 Å². The van der Waals surface area contributed by atoms with Gasteiger partial charge in [0.05, 0.1) is 0 Å². The summed E-state index contributed by atoms with van der Waals surface area (Å²) in [4.78, 5) is 10.9. The summed E-state index contributed by atoms with van der Waals surface area (Å²) < 4.78 is 0. The molecule has 0 heterocycles. The summed E-state index contributed by atoms with van der Waals surface area (Å²) in [5.41, 5.74) is 6.96. The zero-order valence-corrected chi connectivity index (χ0v) is 8.90. The average molecular weight is 206 g/mol. The van der Waals surface area contributed by atoms with Crippen LogP contribution in [0.25, 0.3) is 0 Å². The fourth-order valence-electron chi connectivity index (χ4n) is 1.56. The van der Waals surface area contributed by atoms with Gasteiger partial charge in [-0.15, -0.1) is 0 Å². The number of hydrogen-bond acceptors (Lipinski definition) is 3. The van der Waals surface area contributed by atoms with Crippen LogP contribution >= 0.6 is 0 Å². The number of benzene rings is 1. The first-order valence-corrected chi connectivity index (χ1v) is 5.21. The number of carboxylic acid groups (broad SMARTS) is 1. The lowest BCUT2D eigenvalue weighted by Crippen LogP contribution is -2.29. The molecule has 82 valence electrons. The maximum Gasteiger partial charge on any atom is 0.0489 e. The molecule has 1 aromatic carbocycles. The summed E-state index contributed by atoms with van der Waals surface area (Å²) in [6.07, 6.45) is 2.50. The molecule has 0 radical (unpaired) electrons. The minimum absolute atomic E-state index is 0.509. The average Bonchev–Trinajstić information content (AvgIpc) is 2.21. The van der Waals surface area contributed by atoms with Crippen LogP contribution < -0.4 is 10.8 Å². The van der Waals surface area contributed by atoms with E-state index in [2.05, 4.69) is 0 Å². The number of carbonyl (C=O) groups excluding carboxylic acids is 1. The highest BCUT2D eigenvalue weighted by Gasteiger charge is 2.11. The molecular formula is C12H16NO2-. The lowest BCUT2D eigenvalue weighted by Gasteiger charge is -2.18. The summed E-state index contributed by atoms with van der Waals surface area (Å²) >= 11 is 0. The second kappa shape index (κ2) is 5.39. The second-order valence-corrected chi connectivity index (χ2v) is 3.68. The predicted molar refractivity (Wildman–Crippen MR) is 58.1 cm³/mol. The largest absolute Gasteiger partial charge is 0.549 e. The fourth-order valence-corrected chi connectivity index (χ4v) is 1.56. The molecule has 0 bridgehead atoms. The van der Waals surface area contributed by atoms with Crippen LogP contribution in [0.15, 0.2) is 24.3 Å². The van der Waals surface area contributed by atoms with Crippen molar-refractivity contribution in [2.75, 3.05) is 5.73 Å². The molecule has 0 saturated carbocycles. The smallest absolute Gasteiger partial charge is 0.0489 e. The Bertz CT molecular complexity index is 319. The van der Waals surface area contributed by atoms with E-state index in [4.69, 9.17) is 5.73 Å². The Hall–Kier alpha value is -1.51. The third kappa shape index (κ3) is 3.27. The molecule has 0 aromatic heterocycles. The maximum absolute atomic E-state index is 10.9. The van der Waals surface area contributed by atoms with E-state index in [1.54, 1.807) is 24.3 Å². The topological polar surface area (TPSA) is 66.1 Å². The third-order valence-corrected chi connectivity index (χ3v) is 2.47. The standard InChI is InChI=1S/C12H17NO2/c1-2-3-4-11(12(14)15)9-5-7-10(13)8-6-9/h5-8,11H,2-4,13H2,1H3,(H,14,15)/p-1. The van der Waals surface area contributed by atoms with Gasteiger partial charge in [0.1, 0.15) is 0 Å². The number of aliphatic carboxylic acids is 1. The summed E-state index contributed by atoms with van der Waals surface area (Å²) in [6.45, 7) is 2.04. The normalized spacial score (nSPS) is 12.3.